The normalized spacial score (nSPS) is 15.0. The number of carbonyl (C=O) groups is 1. The van der Waals surface area contributed by atoms with Gasteiger partial charge in [0.1, 0.15) is 0 Å². The van der Waals surface area contributed by atoms with E-state index in [0.29, 0.717) is 22.2 Å². The maximum atomic E-state index is 13.1. The number of carbonyl (C=O) groups excluding carboxylic acids is 1. The number of aromatic nitrogens is 4. The lowest BCUT2D eigenvalue weighted by atomic mass is 10.1. The Morgan fingerprint density at radius 1 is 0.912 bits per heavy atom. The van der Waals surface area contributed by atoms with E-state index in [-0.39, 0.29) is 47.7 Å². The van der Waals surface area contributed by atoms with Gasteiger partial charge in [-0.3, -0.25) is 14.7 Å². The fourth-order valence-electron chi connectivity index (χ4n) is 3.88. The van der Waals surface area contributed by atoms with E-state index in [1.54, 1.807) is 41.3 Å². The minimum absolute atomic E-state index is 0.145. The van der Waals surface area contributed by atoms with Crippen LogP contribution in [0.25, 0.3) is 22.2 Å². The summed E-state index contributed by atoms with van der Waals surface area (Å²) in [5.41, 5.74) is 2.10. The van der Waals surface area contributed by atoms with Gasteiger partial charge < -0.3 is 4.90 Å². The molecule has 0 atom stereocenters. The van der Waals surface area contributed by atoms with Crippen LogP contribution >= 0.6 is 11.6 Å². The number of fused-ring (bicyclic) bond motifs is 1. The predicted molar refractivity (Wildman–Crippen MR) is 126 cm³/mol. The van der Waals surface area contributed by atoms with Gasteiger partial charge in [-0.2, -0.15) is 14.5 Å². The molecule has 0 aliphatic carbocycles. The Hall–Kier alpha value is -3.54. The Morgan fingerprint density at radius 3 is 2.32 bits per heavy atom. The highest BCUT2D eigenvalue weighted by atomic mass is 35.5. The number of amides is 1. The third-order valence-electron chi connectivity index (χ3n) is 5.76. The Bertz CT molecular complexity index is 1520. The number of rotatable bonds is 4. The van der Waals surface area contributed by atoms with Gasteiger partial charge in [-0.15, -0.1) is 0 Å². The molecule has 1 saturated heterocycles. The Morgan fingerprint density at radius 2 is 1.65 bits per heavy atom. The van der Waals surface area contributed by atoms with Crippen molar-refractivity contribution in [3.05, 3.63) is 75.7 Å². The zero-order chi connectivity index (χ0) is 23.9. The number of aromatic amines is 2. The molecule has 2 aromatic carbocycles. The lowest BCUT2D eigenvalue weighted by Gasteiger charge is -2.34. The maximum Gasteiger partial charge on any atom is 0.264 e. The highest BCUT2D eigenvalue weighted by molar-refractivity contribution is 7.89. The van der Waals surface area contributed by atoms with Crippen molar-refractivity contribution >= 4 is 38.4 Å². The first-order valence-electron chi connectivity index (χ1n) is 10.4. The number of sulfonamides is 1. The molecule has 2 aromatic heterocycles. The molecule has 0 spiro atoms. The summed E-state index contributed by atoms with van der Waals surface area (Å²) in [6.07, 6.45) is 0. The third-order valence-corrected chi connectivity index (χ3v) is 7.94. The summed E-state index contributed by atoms with van der Waals surface area (Å²) in [5.74, 6) is -0.174. The molecule has 0 radical (unpaired) electrons. The van der Waals surface area contributed by atoms with E-state index < -0.39 is 10.0 Å². The Labute approximate surface area is 199 Å². The molecule has 5 rings (SSSR count). The fourth-order valence-corrected chi connectivity index (χ4v) is 5.53. The van der Waals surface area contributed by atoms with E-state index >= 15 is 0 Å². The molecule has 0 unspecified atom stereocenters. The number of nitrogens with one attached hydrogen (secondary N) is 2. The highest BCUT2D eigenvalue weighted by Crippen LogP contribution is 2.26. The molecule has 0 bridgehead atoms. The van der Waals surface area contributed by atoms with E-state index in [2.05, 4.69) is 20.4 Å². The van der Waals surface area contributed by atoms with Gasteiger partial charge in [-0.05, 0) is 36.4 Å². The van der Waals surface area contributed by atoms with Crippen molar-refractivity contribution in [3.8, 4) is 11.3 Å². The van der Waals surface area contributed by atoms with Crippen LogP contribution in [0.15, 0.2) is 64.3 Å². The van der Waals surface area contributed by atoms with Crippen molar-refractivity contribution in [2.24, 2.45) is 0 Å². The SMILES string of the molecule is O=C(c1ccc(-c2ccc(=O)[nH]n2)cc1)N1CCN(S(=O)(=O)c2ccc3c(Cl)n[nH]c3c2)CC1. The van der Waals surface area contributed by atoms with E-state index in [0.717, 1.165) is 5.56 Å². The molecule has 1 aliphatic heterocycles. The zero-order valence-corrected chi connectivity index (χ0v) is 19.3. The van der Waals surface area contributed by atoms with Crippen LogP contribution in [0.3, 0.4) is 0 Å². The van der Waals surface area contributed by atoms with Gasteiger partial charge in [0.05, 0.1) is 16.1 Å². The van der Waals surface area contributed by atoms with Crippen molar-refractivity contribution in [2.45, 2.75) is 4.90 Å². The summed E-state index contributed by atoms with van der Waals surface area (Å²) in [4.78, 5) is 25.9. The van der Waals surface area contributed by atoms with Crippen molar-refractivity contribution in [2.75, 3.05) is 26.2 Å². The fraction of sp³-hybridized carbons (Fsp3) is 0.182. The number of nitrogens with zero attached hydrogens (tertiary/aromatic N) is 4. The minimum atomic E-state index is -3.72. The summed E-state index contributed by atoms with van der Waals surface area (Å²) < 4.78 is 27.6. The topological polar surface area (TPSA) is 132 Å². The molecule has 4 aromatic rings. The number of benzene rings is 2. The molecule has 1 aliphatic rings. The monoisotopic (exact) mass is 498 g/mol. The Balaban J connectivity index is 1.26. The van der Waals surface area contributed by atoms with Gasteiger partial charge in [0, 0.05) is 48.8 Å². The van der Waals surface area contributed by atoms with Crippen LogP contribution in [0.2, 0.25) is 5.15 Å². The first-order valence-corrected chi connectivity index (χ1v) is 12.2. The molecule has 3 heterocycles. The van der Waals surface area contributed by atoms with Gasteiger partial charge in [-0.25, -0.2) is 13.5 Å². The third kappa shape index (κ3) is 4.09. The van der Waals surface area contributed by atoms with Crippen LogP contribution in [0, 0.1) is 0 Å². The van der Waals surface area contributed by atoms with Crippen molar-refractivity contribution in [1.82, 2.24) is 29.6 Å². The molecule has 174 valence electrons. The molecule has 1 amide bonds. The van der Waals surface area contributed by atoms with E-state index in [1.807, 2.05) is 0 Å². The van der Waals surface area contributed by atoms with Crippen LogP contribution in [-0.4, -0.2) is 70.1 Å². The summed E-state index contributed by atoms with van der Waals surface area (Å²) in [6, 6.07) is 14.5. The number of H-pyrrole nitrogens is 2. The lowest BCUT2D eigenvalue weighted by molar-refractivity contribution is 0.0698. The quantitative estimate of drug-likeness (QED) is 0.443. The second-order valence-electron chi connectivity index (χ2n) is 7.80. The van der Waals surface area contributed by atoms with Crippen molar-refractivity contribution in [3.63, 3.8) is 0 Å². The molecule has 34 heavy (non-hydrogen) atoms. The average molecular weight is 499 g/mol. The number of halogens is 1. The standard InChI is InChI=1S/C22H19ClN6O4S/c23-21-17-6-5-16(13-19(17)25-27-21)34(32,33)29-11-9-28(10-12-29)22(31)15-3-1-14(2-4-15)18-7-8-20(30)26-24-18/h1-8,13H,9-12H2,(H,25,27)(H,26,30). The largest absolute Gasteiger partial charge is 0.336 e. The zero-order valence-electron chi connectivity index (χ0n) is 17.7. The first-order chi connectivity index (χ1) is 16.3. The van der Waals surface area contributed by atoms with Crippen molar-refractivity contribution in [1.29, 1.82) is 0 Å². The van der Waals surface area contributed by atoms with Crippen LogP contribution in [0.5, 0.6) is 0 Å². The van der Waals surface area contributed by atoms with Crippen LogP contribution < -0.4 is 5.56 Å². The van der Waals surface area contributed by atoms with E-state index in [1.165, 1.54) is 22.5 Å². The predicted octanol–water partition coefficient (Wildman–Crippen LogP) is 2.11. The van der Waals surface area contributed by atoms with Crippen LogP contribution in [0.4, 0.5) is 0 Å². The second-order valence-corrected chi connectivity index (χ2v) is 10.1. The lowest BCUT2D eigenvalue weighted by Crippen LogP contribution is -2.50. The molecule has 1 fully saturated rings. The smallest absolute Gasteiger partial charge is 0.264 e. The van der Waals surface area contributed by atoms with Crippen LogP contribution in [-0.2, 0) is 10.0 Å². The van der Waals surface area contributed by atoms with Gasteiger partial charge in [-0.1, -0.05) is 23.7 Å². The number of piperazine rings is 1. The molecular weight excluding hydrogens is 480 g/mol. The average Bonchev–Trinajstić information content (AvgIpc) is 3.24. The number of hydrogen-bond donors (Lipinski definition) is 2. The van der Waals surface area contributed by atoms with Gasteiger partial charge in [0.2, 0.25) is 10.0 Å². The summed E-state index contributed by atoms with van der Waals surface area (Å²) >= 11 is 5.97. The molecule has 12 heteroatoms. The van der Waals surface area contributed by atoms with Gasteiger partial charge >= 0.3 is 0 Å². The highest BCUT2D eigenvalue weighted by Gasteiger charge is 2.30. The minimum Gasteiger partial charge on any atom is -0.336 e. The van der Waals surface area contributed by atoms with E-state index in [4.69, 9.17) is 11.6 Å². The van der Waals surface area contributed by atoms with E-state index in [9.17, 15) is 18.0 Å². The molecule has 2 N–H and O–H groups in total. The summed E-state index contributed by atoms with van der Waals surface area (Å²) in [7, 11) is -3.72. The molecule has 0 saturated carbocycles. The molecule has 10 nitrogen and oxygen atoms in total. The first kappa shape index (κ1) is 22.3. The summed E-state index contributed by atoms with van der Waals surface area (Å²) in [5, 5.41) is 13.9. The maximum absolute atomic E-state index is 13.1. The van der Waals surface area contributed by atoms with Gasteiger partial charge in [0.15, 0.2) is 5.15 Å². The second kappa shape index (κ2) is 8.67. The van der Waals surface area contributed by atoms with Gasteiger partial charge in [0.25, 0.3) is 11.5 Å². The molecular formula is C22H19ClN6O4S. The Kier molecular flexibility index (Phi) is 5.68. The van der Waals surface area contributed by atoms with Crippen LogP contribution in [0.1, 0.15) is 10.4 Å². The van der Waals surface area contributed by atoms with Crippen molar-refractivity contribution < 1.29 is 13.2 Å². The summed E-state index contributed by atoms with van der Waals surface area (Å²) in [6.45, 7) is 0.934. The number of hydrogen-bond acceptors (Lipinski definition) is 6.